The molecule has 1 fully saturated rings. The fourth-order valence-corrected chi connectivity index (χ4v) is 5.07. The first-order valence-electron chi connectivity index (χ1n) is 14.3. The van der Waals surface area contributed by atoms with Crippen LogP contribution in [0.15, 0.2) is 24.3 Å². The normalized spacial score (nSPS) is 14.5. The summed E-state index contributed by atoms with van der Waals surface area (Å²) in [5.41, 5.74) is 0.567. The van der Waals surface area contributed by atoms with E-state index in [9.17, 15) is 14.4 Å². The van der Waals surface area contributed by atoms with Crippen LogP contribution in [0, 0.1) is 0 Å². The van der Waals surface area contributed by atoms with Crippen LogP contribution in [0.4, 0.5) is 0 Å². The Morgan fingerprint density at radius 2 is 1.19 bits per heavy atom. The number of hydrogen-bond donors (Lipinski definition) is 1. The van der Waals surface area contributed by atoms with Gasteiger partial charge in [0.1, 0.15) is 6.04 Å². The number of unbranched alkanes of at least 4 members (excludes halogenated alkanes) is 3. The third kappa shape index (κ3) is 7.54. The van der Waals surface area contributed by atoms with Crippen LogP contribution in [0.25, 0.3) is 0 Å². The van der Waals surface area contributed by atoms with E-state index in [2.05, 4.69) is 12.2 Å². The molecule has 236 valence electrons. The second-order valence-corrected chi connectivity index (χ2v) is 9.95. The molecule has 12 nitrogen and oxygen atoms in total. The summed E-state index contributed by atoms with van der Waals surface area (Å²) in [6, 6.07) is 5.31. The van der Waals surface area contributed by atoms with E-state index in [4.69, 9.17) is 28.4 Å². The van der Waals surface area contributed by atoms with Crippen molar-refractivity contribution in [2.24, 2.45) is 0 Å². The summed E-state index contributed by atoms with van der Waals surface area (Å²) in [6.45, 7) is 2.91. The van der Waals surface area contributed by atoms with Crippen molar-refractivity contribution in [3.8, 4) is 34.5 Å². The largest absolute Gasteiger partial charge is 0.493 e. The topological polar surface area (TPSA) is 125 Å². The van der Waals surface area contributed by atoms with Gasteiger partial charge in [0, 0.05) is 30.8 Å². The number of nitrogens with one attached hydrogen (secondary N) is 1. The van der Waals surface area contributed by atoms with Crippen molar-refractivity contribution in [1.29, 1.82) is 0 Å². The van der Waals surface area contributed by atoms with Crippen molar-refractivity contribution < 1.29 is 42.8 Å². The van der Waals surface area contributed by atoms with Gasteiger partial charge in [0.15, 0.2) is 23.0 Å². The standard InChI is InChI=1S/C31H43N3O9/c1-8-9-10-11-12-32-29(35)22-19-33(30(36)20-15-23(38-2)27(42-6)24(16-20)39-3)13-14-34(22)31(37)21-17-25(40-4)28(43-7)26(18-21)41-5/h15-18,22H,8-14,19H2,1-7H3,(H,32,35). The van der Waals surface area contributed by atoms with Crippen molar-refractivity contribution in [1.82, 2.24) is 15.1 Å². The van der Waals surface area contributed by atoms with E-state index in [-0.39, 0.29) is 37.0 Å². The number of methoxy groups -OCH3 is 6. The maximum Gasteiger partial charge on any atom is 0.254 e. The Morgan fingerprint density at radius 1 is 0.698 bits per heavy atom. The van der Waals surface area contributed by atoms with Crippen molar-refractivity contribution >= 4 is 17.7 Å². The summed E-state index contributed by atoms with van der Waals surface area (Å²) in [4.78, 5) is 44.2. The van der Waals surface area contributed by atoms with Crippen LogP contribution in [0.2, 0.25) is 0 Å². The Morgan fingerprint density at radius 3 is 1.63 bits per heavy atom. The summed E-state index contributed by atoms with van der Waals surface area (Å²) in [6.07, 6.45) is 3.95. The van der Waals surface area contributed by atoms with E-state index in [0.717, 1.165) is 25.7 Å². The Bertz CT molecular complexity index is 1230. The number of amides is 3. The molecule has 1 unspecified atom stereocenters. The Balaban J connectivity index is 1.93. The zero-order chi connectivity index (χ0) is 31.5. The first-order valence-corrected chi connectivity index (χ1v) is 14.3. The van der Waals surface area contributed by atoms with E-state index < -0.39 is 11.9 Å². The predicted molar refractivity (Wildman–Crippen MR) is 160 cm³/mol. The first-order chi connectivity index (χ1) is 20.8. The first kappa shape index (κ1) is 33.2. The summed E-state index contributed by atoms with van der Waals surface area (Å²) in [7, 11) is 8.84. The summed E-state index contributed by atoms with van der Waals surface area (Å²) < 4.78 is 32.5. The third-order valence-corrected chi connectivity index (χ3v) is 7.38. The highest BCUT2D eigenvalue weighted by Crippen LogP contribution is 2.40. The Labute approximate surface area is 253 Å². The highest BCUT2D eigenvalue weighted by molar-refractivity contribution is 6.00. The lowest BCUT2D eigenvalue weighted by molar-refractivity contribution is -0.127. The molecule has 43 heavy (non-hydrogen) atoms. The van der Waals surface area contributed by atoms with Crippen molar-refractivity contribution in [2.45, 2.75) is 38.6 Å². The van der Waals surface area contributed by atoms with Crippen LogP contribution in [0.1, 0.15) is 53.3 Å². The molecule has 1 saturated heterocycles. The molecule has 0 aliphatic carbocycles. The van der Waals surface area contributed by atoms with E-state index in [1.165, 1.54) is 47.6 Å². The molecule has 0 aromatic heterocycles. The lowest BCUT2D eigenvalue weighted by Crippen LogP contribution is -2.61. The maximum atomic E-state index is 13.9. The number of rotatable bonds is 14. The molecule has 2 aromatic rings. The lowest BCUT2D eigenvalue weighted by Gasteiger charge is -2.40. The van der Waals surface area contributed by atoms with Crippen LogP contribution < -0.4 is 33.7 Å². The molecule has 12 heteroatoms. The minimum absolute atomic E-state index is 0.00749. The van der Waals surface area contributed by atoms with Crippen LogP contribution in [-0.2, 0) is 4.79 Å². The smallest absolute Gasteiger partial charge is 0.254 e. The van der Waals surface area contributed by atoms with Crippen molar-refractivity contribution in [3.63, 3.8) is 0 Å². The average molecular weight is 602 g/mol. The molecule has 0 spiro atoms. The molecular formula is C31H43N3O9. The molecule has 0 radical (unpaired) electrons. The molecule has 3 rings (SSSR count). The summed E-state index contributed by atoms with van der Waals surface area (Å²) in [5, 5.41) is 2.97. The van der Waals surface area contributed by atoms with Crippen LogP contribution in [0.5, 0.6) is 34.5 Å². The van der Waals surface area contributed by atoms with Gasteiger partial charge in [-0.2, -0.15) is 0 Å². The number of piperazine rings is 1. The van der Waals surface area contributed by atoms with E-state index in [1.54, 1.807) is 29.2 Å². The molecule has 1 aliphatic rings. The minimum atomic E-state index is -0.933. The van der Waals surface area contributed by atoms with E-state index >= 15 is 0 Å². The number of nitrogens with zero attached hydrogens (tertiary/aromatic N) is 2. The Hall–Kier alpha value is -4.35. The number of carbonyl (C=O) groups excluding carboxylic acids is 3. The van der Waals surface area contributed by atoms with Crippen LogP contribution in [0.3, 0.4) is 0 Å². The average Bonchev–Trinajstić information content (AvgIpc) is 3.05. The molecule has 1 aliphatic heterocycles. The maximum absolute atomic E-state index is 13.9. The molecule has 1 N–H and O–H groups in total. The SMILES string of the molecule is CCCCCCNC(=O)C1CN(C(=O)c2cc(OC)c(OC)c(OC)c2)CCN1C(=O)c1cc(OC)c(OC)c(OC)c1. The number of ether oxygens (including phenoxy) is 6. The van der Waals surface area contributed by atoms with Gasteiger partial charge in [-0.1, -0.05) is 26.2 Å². The van der Waals surface area contributed by atoms with Crippen molar-refractivity contribution in [3.05, 3.63) is 35.4 Å². The highest BCUT2D eigenvalue weighted by atomic mass is 16.5. The predicted octanol–water partition coefficient (Wildman–Crippen LogP) is 3.40. The van der Waals surface area contributed by atoms with Gasteiger partial charge < -0.3 is 43.5 Å². The molecule has 3 amide bonds. The molecule has 0 saturated carbocycles. The second kappa shape index (κ2) is 15.8. The zero-order valence-corrected chi connectivity index (χ0v) is 26.1. The third-order valence-electron chi connectivity index (χ3n) is 7.38. The molecule has 0 bridgehead atoms. The van der Waals surface area contributed by atoms with Gasteiger partial charge in [-0.15, -0.1) is 0 Å². The molecule has 2 aromatic carbocycles. The molecular weight excluding hydrogens is 558 g/mol. The van der Waals surface area contributed by atoms with Gasteiger partial charge in [-0.3, -0.25) is 14.4 Å². The van der Waals surface area contributed by atoms with Gasteiger partial charge in [0.2, 0.25) is 17.4 Å². The number of hydrogen-bond acceptors (Lipinski definition) is 9. The number of benzene rings is 2. The van der Waals surface area contributed by atoms with Gasteiger partial charge in [-0.05, 0) is 30.7 Å². The monoisotopic (exact) mass is 601 g/mol. The second-order valence-electron chi connectivity index (χ2n) is 9.95. The van der Waals surface area contributed by atoms with E-state index in [0.29, 0.717) is 46.6 Å². The van der Waals surface area contributed by atoms with Crippen LogP contribution in [-0.4, -0.2) is 102 Å². The molecule has 1 atom stereocenters. The summed E-state index contributed by atoms with van der Waals surface area (Å²) >= 11 is 0. The zero-order valence-electron chi connectivity index (χ0n) is 26.1. The van der Waals surface area contributed by atoms with Gasteiger partial charge in [0.05, 0.1) is 49.2 Å². The van der Waals surface area contributed by atoms with Crippen LogP contribution >= 0.6 is 0 Å². The fraction of sp³-hybridized carbons (Fsp3) is 0.516. The van der Waals surface area contributed by atoms with Gasteiger partial charge in [0.25, 0.3) is 11.8 Å². The van der Waals surface area contributed by atoms with E-state index in [1.807, 2.05) is 0 Å². The van der Waals surface area contributed by atoms with Crippen molar-refractivity contribution in [2.75, 3.05) is 68.8 Å². The minimum Gasteiger partial charge on any atom is -0.493 e. The highest BCUT2D eigenvalue weighted by Gasteiger charge is 2.38. The van der Waals surface area contributed by atoms with Gasteiger partial charge >= 0.3 is 0 Å². The Kier molecular flexibility index (Phi) is 12.2. The molecule has 1 heterocycles. The lowest BCUT2D eigenvalue weighted by atomic mass is 10.1. The number of carbonyl (C=O) groups is 3. The summed E-state index contributed by atoms with van der Waals surface area (Å²) in [5.74, 6) is 0.957. The fourth-order valence-electron chi connectivity index (χ4n) is 5.07. The van der Waals surface area contributed by atoms with Gasteiger partial charge in [-0.25, -0.2) is 0 Å². The quantitative estimate of drug-likeness (QED) is 0.325.